The average molecular weight is 309 g/mol. The van der Waals surface area contributed by atoms with Crippen molar-refractivity contribution in [2.45, 2.75) is 0 Å². The minimum Gasteiger partial charge on any atom is -0.465 e. The molecule has 0 aromatic carbocycles. The second-order valence-electron chi connectivity index (χ2n) is 3.11. The van der Waals surface area contributed by atoms with E-state index in [1.807, 2.05) is 4.83 Å². The number of hydrogen-bond donors (Lipinski definition) is 3. The number of carbonyl (C=O) groups is 1. The first kappa shape index (κ1) is 14.8. The van der Waals surface area contributed by atoms with Crippen molar-refractivity contribution in [3.8, 4) is 0 Å². The van der Waals surface area contributed by atoms with Crippen LogP contribution in [0.4, 0.5) is 5.69 Å². The molecule has 7 nitrogen and oxygen atoms in total. The van der Waals surface area contributed by atoms with E-state index in [9.17, 15) is 13.2 Å². The third-order valence-electron chi connectivity index (χ3n) is 1.63. The fraction of sp³-hybridized carbons (Fsp3) is 0.250. The average Bonchev–Trinajstić information content (AvgIpc) is 2.72. The minimum absolute atomic E-state index is 0.0176. The molecule has 100 valence electrons. The molecule has 0 spiro atoms. The highest BCUT2D eigenvalue weighted by atomic mass is 32.2. The molecule has 0 amide bonds. The Morgan fingerprint density at radius 1 is 1.50 bits per heavy atom. The van der Waals surface area contributed by atoms with Crippen molar-refractivity contribution in [3.63, 3.8) is 0 Å². The normalized spacial score (nSPS) is 10.8. The number of rotatable bonds is 4. The lowest BCUT2D eigenvalue weighted by atomic mass is 10.4. The summed E-state index contributed by atoms with van der Waals surface area (Å²) in [6.45, 7) is 0. The van der Waals surface area contributed by atoms with Gasteiger partial charge in [0, 0.05) is 0 Å². The van der Waals surface area contributed by atoms with Crippen molar-refractivity contribution >= 4 is 50.3 Å². The van der Waals surface area contributed by atoms with Crippen molar-refractivity contribution in [3.05, 3.63) is 16.3 Å². The van der Waals surface area contributed by atoms with Gasteiger partial charge in [0.1, 0.15) is 4.88 Å². The van der Waals surface area contributed by atoms with Gasteiger partial charge in [-0.3, -0.25) is 5.43 Å². The number of thiophene rings is 1. The van der Waals surface area contributed by atoms with E-state index in [2.05, 4.69) is 15.5 Å². The summed E-state index contributed by atoms with van der Waals surface area (Å²) >= 11 is 6.04. The van der Waals surface area contributed by atoms with Crippen LogP contribution in [0, 0.1) is 0 Å². The summed E-state index contributed by atoms with van der Waals surface area (Å²) in [4.78, 5) is 13.7. The van der Waals surface area contributed by atoms with Crippen molar-refractivity contribution in [2.24, 2.45) is 0 Å². The van der Waals surface area contributed by atoms with Gasteiger partial charge in [-0.2, -0.15) is 0 Å². The number of anilines is 1. The van der Waals surface area contributed by atoms with Gasteiger partial charge in [-0.05, 0) is 23.7 Å². The van der Waals surface area contributed by atoms with Gasteiger partial charge in [-0.1, -0.05) is 0 Å². The van der Waals surface area contributed by atoms with E-state index in [1.54, 1.807) is 11.4 Å². The molecular formula is C8H11N3O4S3. The van der Waals surface area contributed by atoms with Crippen LogP contribution in [-0.2, 0) is 14.8 Å². The zero-order valence-corrected chi connectivity index (χ0v) is 12.0. The van der Waals surface area contributed by atoms with Crippen LogP contribution >= 0.6 is 23.6 Å². The largest absolute Gasteiger partial charge is 0.465 e. The Morgan fingerprint density at radius 2 is 2.17 bits per heavy atom. The summed E-state index contributed by atoms with van der Waals surface area (Å²) in [5.41, 5.74) is 2.72. The molecule has 0 aliphatic heterocycles. The Bertz CT molecular complexity index is 552. The Kier molecular flexibility index (Phi) is 5.02. The molecular weight excluding hydrogens is 298 g/mol. The van der Waals surface area contributed by atoms with Crippen LogP contribution in [0.3, 0.4) is 0 Å². The molecule has 0 saturated heterocycles. The van der Waals surface area contributed by atoms with E-state index in [1.165, 1.54) is 18.4 Å². The molecule has 0 aliphatic rings. The summed E-state index contributed by atoms with van der Waals surface area (Å²) < 4.78 is 26.2. The van der Waals surface area contributed by atoms with E-state index in [4.69, 9.17) is 12.2 Å². The summed E-state index contributed by atoms with van der Waals surface area (Å²) in [7, 11) is -2.14. The van der Waals surface area contributed by atoms with Gasteiger partial charge in [-0.15, -0.1) is 16.2 Å². The highest BCUT2D eigenvalue weighted by Crippen LogP contribution is 2.22. The van der Waals surface area contributed by atoms with Crippen molar-refractivity contribution in [1.29, 1.82) is 0 Å². The third-order valence-corrected chi connectivity index (χ3v) is 3.21. The van der Waals surface area contributed by atoms with Gasteiger partial charge >= 0.3 is 5.97 Å². The van der Waals surface area contributed by atoms with Crippen LogP contribution in [0.2, 0.25) is 0 Å². The van der Waals surface area contributed by atoms with Gasteiger partial charge in [0.25, 0.3) is 0 Å². The molecule has 1 heterocycles. The summed E-state index contributed by atoms with van der Waals surface area (Å²) in [6.07, 6.45) is 0.979. The predicted molar refractivity (Wildman–Crippen MR) is 73.0 cm³/mol. The lowest BCUT2D eigenvalue weighted by molar-refractivity contribution is 0.0607. The van der Waals surface area contributed by atoms with Crippen LogP contribution in [0.1, 0.15) is 9.67 Å². The lowest BCUT2D eigenvalue weighted by Gasteiger charge is -2.10. The molecule has 0 radical (unpaired) electrons. The molecule has 0 atom stereocenters. The fourth-order valence-corrected chi connectivity index (χ4v) is 2.23. The molecule has 0 saturated carbocycles. The molecule has 0 aliphatic carbocycles. The van der Waals surface area contributed by atoms with E-state index in [0.717, 1.165) is 6.26 Å². The number of sulfonamides is 1. The maximum absolute atomic E-state index is 11.4. The first-order valence-corrected chi connectivity index (χ1v) is 7.71. The molecule has 3 N–H and O–H groups in total. The number of methoxy groups -OCH3 is 1. The molecule has 10 heteroatoms. The van der Waals surface area contributed by atoms with Crippen LogP contribution in [-0.4, -0.2) is 32.9 Å². The Labute approximate surface area is 114 Å². The molecule has 1 aromatic heterocycles. The van der Waals surface area contributed by atoms with Crippen molar-refractivity contribution in [1.82, 2.24) is 10.3 Å². The number of hydrogen-bond acceptors (Lipinski definition) is 6. The fourth-order valence-electron chi connectivity index (χ4n) is 0.951. The summed E-state index contributed by atoms with van der Waals surface area (Å²) in [5, 5.41) is 4.38. The first-order valence-electron chi connectivity index (χ1n) is 4.53. The molecule has 1 rings (SSSR count). The summed E-state index contributed by atoms with van der Waals surface area (Å²) in [6, 6.07) is 1.63. The maximum Gasteiger partial charge on any atom is 0.350 e. The standard InChI is InChI=1S/C8H11N3O4S3/c1-15-7(12)6-5(3-4-17-6)9-8(16)10-11-18(2,13)14/h3-4,11H,1-2H3,(H2,9,10,16). The minimum atomic E-state index is -3.41. The zero-order valence-electron chi connectivity index (χ0n) is 9.51. The number of hydrazine groups is 1. The van der Waals surface area contributed by atoms with Gasteiger partial charge < -0.3 is 10.1 Å². The van der Waals surface area contributed by atoms with Crippen LogP contribution in [0.25, 0.3) is 0 Å². The van der Waals surface area contributed by atoms with E-state index in [0.29, 0.717) is 10.6 Å². The molecule has 0 unspecified atom stereocenters. The summed E-state index contributed by atoms with van der Waals surface area (Å²) in [5.74, 6) is -0.494. The van der Waals surface area contributed by atoms with Gasteiger partial charge in [0.05, 0.1) is 19.1 Å². The third kappa shape index (κ3) is 4.56. The van der Waals surface area contributed by atoms with E-state index >= 15 is 0 Å². The second kappa shape index (κ2) is 6.09. The number of carbonyl (C=O) groups excluding carboxylic acids is 1. The predicted octanol–water partition coefficient (Wildman–Crippen LogP) is 0.285. The van der Waals surface area contributed by atoms with Gasteiger partial charge in [0.15, 0.2) is 5.11 Å². The zero-order chi connectivity index (χ0) is 13.8. The van der Waals surface area contributed by atoms with Crippen LogP contribution in [0.5, 0.6) is 0 Å². The molecule has 0 bridgehead atoms. The van der Waals surface area contributed by atoms with Crippen molar-refractivity contribution < 1.29 is 17.9 Å². The number of esters is 1. The Balaban J connectivity index is 2.65. The van der Waals surface area contributed by atoms with E-state index < -0.39 is 16.0 Å². The Morgan fingerprint density at radius 3 is 2.72 bits per heavy atom. The maximum atomic E-state index is 11.4. The Hall–Kier alpha value is -1.23. The van der Waals surface area contributed by atoms with E-state index in [-0.39, 0.29) is 5.11 Å². The topological polar surface area (TPSA) is 96.5 Å². The second-order valence-corrected chi connectivity index (χ2v) is 6.18. The van der Waals surface area contributed by atoms with Crippen LogP contribution in [0.15, 0.2) is 11.4 Å². The highest BCUT2D eigenvalue weighted by Gasteiger charge is 2.14. The number of ether oxygens (including phenoxy) is 1. The molecule has 0 fully saturated rings. The lowest BCUT2D eigenvalue weighted by Crippen LogP contribution is -2.43. The quantitative estimate of drug-likeness (QED) is 0.418. The molecule has 18 heavy (non-hydrogen) atoms. The number of thiocarbonyl (C=S) groups is 1. The molecule has 1 aromatic rings. The van der Waals surface area contributed by atoms with Gasteiger partial charge in [0.2, 0.25) is 10.0 Å². The van der Waals surface area contributed by atoms with Crippen molar-refractivity contribution in [2.75, 3.05) is 18.7 Å². The number of nitrogens with one attached hydrogen (secondary N) is 3. The van der Waals surface area contributed by atoms with Crippen LogP contribution < -0.4 is 15.6 Å². The smallest absolute Gasteiger partial charge is 0.350 e. The first-order chi connectivity index (χ1) is 8.33. The monoisotopic (exact) mass is 309 g/mol. The van der Waals surface area contributed by atoms with Gasteiger partial charge in [-0.25, -0.2) is 13.2 Å². The highest BCUT2D eigenvalue weighted by molar-refractivity contribution is 7.88. The SMILES string of the molecule is COC(=O)c1sccc1NC(=S)NNS(C)(=O)=O.